The molecule has 0 bridgehead atoms. The Morgan fingerprint density at radius 3 is 2.15 bits per heavy atom. The van der Waals surface area contributed by atoms with Crippen molar-refractivity contribution in [1.29, 1.82) is 5.26 Å². The molecule has 0 aromatic heterocycles. The van der Waals surface area contributed by atoms with Crippen LogP contribution in [0, 0.1) is 34.5 Å². The molecule has 0 atom stereocenters. The summed E-state index contributed by atoms with van der Waals surface area (Å²) in [6, 6.07) is 2.58. The van der Waals surface area contributed by atoms with Crippen LogP contribution in [-0.2, 0) is 0 Å². The highest BCUT2D eigenvalue weighted by atomic mass is 14.4. The van der Waals surface area contributed by atoms with E-state index >= 15 is 0 Å². The molecule has 0 aromatic carbocycles. The van der Waals surface area contributed by atoms with Crippen molar-refractivity contribution in [3.05, 3.63) is 12.2 Å². The number of hydrogen-bond donors (Lipinski definition) is 0. The molecular weight excluding hydrogens is 242 g/mol. The van der Waals surface area contributed by atoms with Gasteiger partial charge < -0.3 is 0 Å². The standard InChI is InChI=1S/C19H31N/c1-3-5-16-6-8-17(9-7-16)18-10-13-19(15-20,12-4-2)14-11-18/h4,12,16-18H,3,5-11,13-14H2,1-2H3. The third-order valence-corrected chi connectivity index (χ3v) is 5.89. The molecule has 0 aliphatic heterocycles. The highest BCUT2D eigenvalue weighted by Gasteiger charge is 2.36. The highest BCUT2D eigenvalue weighted by Crippen LogP contribution is 2.46. The predicted molar refractivity (Wildman–Crippen MR) is 85.2 cm³/mol. The lowest BCUT2D eigenvalue weighted by Gasteiger charge is -2.39. The van der Waals surface area contributed by atoms with Crippen molar-refractivity contribution in [1.82, 2.24) is 0 Å². The zero-order valence-corrected chi connectivity index (χ0v) is 13.4. The van der Waals surface area contributed by atoms with Crippen molar-refractivity contribution in [2.45, 2.75) is 78.1 Å². The van der Waals surface area contributed by atoms with Gasteiger partial charge in [0.15, 0.2) is 0 Å². The fraction of sp³-hybridized carbons (Fsp3) is 0.842. The summed E-state index contributed by atoms with van der Waals surface area (Å²) in [5, 5.41) is 9.46. The largest absolute Gasteiger partial charge is 0.197 e. The summed E-state index contributed by atoms with van der Waals surface area (Å²) in [5.41, 5.74) is -0.134. The smallest absolute Gasteiger partial charge is 0.0753 e. The van der Waals surface area contributed by atoms with Gasteiger partial charge in [0.05, 0.1) is 11.5 Å². The van der Waals surface area contributed by atoms with Gasteiger partial charge in [0.1, 0.15) is 0 Å². The first-order chi connectivity index (χ1) is 9.73. The summed E-state index contributed by atoms with van der Waals surface area (Å²) in [6.45, 7) is 4.36. The maximum absolute atomic E-state index is 9.46. The highest BCUT2D eigenvalue weighted by molar-refractivity contribution is 5.13. The number of allylic oxidation sites excluding steroid dienone is 2. The lowest BCUT2D eigenvalue weighted by atomic mass is 9.64. The van der Waals surface area contributed by atoms with Crippen molar-refractivity contribution < 1.29 is 0 Å². The molecule has 0 saturated heterocycles. The number of nitrogens with zero attached hydrogens (tertiary/aromatic N) is 1. The normalized spacial score (nSPS) is 38.8. The fourth-order valence-corrected chi connectivity index (χ4v) is 4.62. The van der Waals surface area contributed by atoms with Crippen LogP contribution in [0.1, 0.15) is 78.1 Å². The third-order valence-electron chi connectivity index (χ3n) is 5.89. The van der Waals surface area contributed by atoms with E-state index in [1.54, 1.807) is 0 Å². The van der Waals surface area contributed by atoms with Crippen LogP contribution in [0.2, 0.25) is 0 Å². The average molecular weight is 273 g/mol. The first-order valence-corrected chi connectivity index (χ1v) is 8.78. The van der Waals surface area contributed by atoms with Gasteiger partial charge in [0.2, 0.25) is 0 Å². The van der Waals surface area contributed by atoms with Crippen LogP contribution < -0.4 is 0 Å². The van der Waals surface area contributed by atoms with E-state index in [1.807, 2.05) is 6.92 Å². The zero-order valence-electron chi connectivity index (χ0n) is 13.4. The number of hydrogen-bond acceptors (Lipinski definition) is 1. The van der Waals surface area contributed by atoms with Gasteiger partial charge in [-0.15, -0.1) is 0 Å². The van der Waals surface area contributed by atoms with Crippen LogP contribution in [0.3, 0.4) is 0 Å². The van der Waals surface area contributed by atoms with Gasteiger partial charge in [-0.3, -0.25) is 0 Å². The van der Waals surface area contributed by atoms with Crippen LogP contribution >= 0.6 is 0 Å². The van der Waals surface area contributed by atoms with Gasteiger partial charge >= 0.3 is 0 Å². The molecule has 1 nitrogen and oxygen atoms in total. The van der Waals surface area contributed by atoms with Gasteiger partial charge in [-0.05, 0) is 63.2 Å². The minimum absolute atomic E-state index is 0.134. The summed E-state index contributed by atoms with van der Waals surface area (Å²) in [5.74, 6) is 2.88. The van der Waals surface area contributed by atoms with Crippen LogP contribution in [0.4, 0.5) is 0 Å². The Morgan fingerprint density at radius 2 is 1.65 bits per heavy atom. The van der Waals surface area contributed by atoms with E-state index in [0.29, 0.717) is 0 Å². The molecule has 0 heterocycles. The molecule has 20 heavy (non-hydrogen) atoms. The average Bonchev–Trinajstić information content (AvgIpc) is 2.50. The van der Waals surface area contributed by atoms with E-state index in [9.17, 15) is 5.26 Å². The van der Waals surface area contributed by atoms with E-state index < -0.39 is 0 Å². The molecule has 2 fully saturated rings. The van der Waals surface area contributed by atoms with E-state index in [-0.39, 0.29) is 5.41 Å². The SMILES string of the molecule is CC=CC1(C#N)CCC(C2CCC(CCC)CC2)CC1. The van der Waals surface area contributed by atoms with Crippen LogP contribution in [0.5, 0.6) is 0 Å². The molecule has 112 valence electrons. The van der Waals surface area contributed by atoms with Crippen molar-refractivity contribution >= 4 is 0 Å². The number of rotatable bonds is 4. The Hall–Kier alpha value is -0.770. The Bertz CT molecular complexity index is 346. The first-order valence-electron chi connectivity index (χ1n) is 8.78. The van der Waals surface area contributed by atoms with Crippen LogP contribution in [-0.4, -0.2) is 0 Å². The zero-order chi connectivity index (χ0) is 14.4. The van der Waals surface area contributed by atoms with Gasteiger partial charge in [-0.2, -0.15) is 5.26 Å². The summed E-state index contributed by atoms with van der Waals surface area (Å²) < 4.78 is 0. The van der Waals surface area contributed by atoms with E-state index in [0.717, 1.165) is 30.6 Å². The first kappa shape index (κ1) is 15.6. The lowest BCUT2D eigenvalue weighted by molar-refractivity contribution is 0.137. The molecule has 0 radical (unpaired) electrons. The Labute approximate surface area is 125 Å². The second-order valence-corrected chi connectivity index (χ2v) is 7.17. The summed E-state index contributed by atoms with van der Waals surface area (Å²) in [6.07, 6.45) is 17.6. The maximum atomic E-state index is 9.46. The molecule has 2 rings (SSSR count). The Morgan fingerprint density at radius 1 is 1.05 bits per heavy atom. The van der Waals surface area contributed by atoms with Gasteiger partial charge in [-0.1, -0.05) is 44.8 Å². The predicted octanol–water partition coefficient (Wildman–Crippen LogP) is 5.87. The van der Waals surface area contributed by atoms with E-state index in [4.69, 9.17) is 0 Å². The second kappa shape index (κ2) is 7.30. The molecular formula is C19H31N. The molecule has 2 aliphatic rings. The minimum atomic E-state index is -0.134. The summed E-state index contributed by atoms with van der Waals surface area (Å²) in [4.78, 5) is 0. The topological polar surface area (TPSA) is 23.8 Å². The number of nitriles is 1. The Balaban J connectivity index is 1.82. The van der Waals surface area contributed by atoms with Crippen LogP contribution in [0.15, 0.2) is 12.2 Å². The van der Waals surface area contributed by atoms with Gasteiger partial charge in [-0.25, -0.2) is 0 Å². The molecule has 2 saturated carbocycles. The monoisotopic (exact) mass is 273 g/mol. The molecule has 0 amide bonds. The van der Waals surface area contributed by atoms with E-state index in [1.165, 1.54) is 51.4 Å². The minimum Gasteiger partial charge on any atom is -0.197 e. The second-order valence-electron chi connectivity index (χ2n) is 7.17. The molecule has 1 heteroatoms. The van der Waals surface area contributed by atoms with Crippen molar-refractivity contribution in [2.24, 2.45) is 23.2 Å². The summed E-state index contributed by atoms with van der Waals surface area (Å²) in [7, 11) is 0. The third kappa shape index (κ3) is 3.66. The van der Waals surface area contributed by atoms with Gasteiger partial charge in [0, 0.05) is 0 Å². The molecule has 0 unspecified atom stereocenters. The van der Waals surface area contributed by atoms with Crippen molar-refractivity contribution in [3.63, 3.8) is 0 Å². The van der Waals surface area contributed by atoms with Crippen molar-refractivity contribution in [2.75, 3.05) is 0 Å². The molecule has 0 N–H and O–H groups in total. The van der Waals surface area contributed by atoms with Crippen LogP contribution in [0.25, 0.3) is 0 Å². The molecule has 0 spiro atoms. The van der Waals surface area contributed by atoms with Gasteiger partial charge in [0.25, 0.3) is 0 Å². The summed E-state index contributed by atoms with van der Waals surface area (Å²) >= 11 is 0. The quantitative estimate of drug-likeness (QED) is 0.588. The lowest BCUT2D eigenvalue weighted by Crippen LogP contribution is -2.30. The maximum Gasteiger partial charge on any atom is 0.0753 e. The molecule has 0 aromatic rings. The van der Waals surface area contributed by atoms with Crippen molar-refractivity contribution in [3.8, 4) is 6.07 Å². The van der Waals surface area contributed by atoms with E-state index in [2.05, 4.69) is 25.1 Å². The molecule has 2 aliphatic carbocycles. The Kier molecular flexibility index (Phi) is 5.70. The fourth-order valence-electron chi connectivity index (χ4n) is 4.62.